The van der Waals surface area contributed by atoms with Gasteiger partial charge in [0.25, 0.3) is 0 Å². The molecule has 18 heavy (non-hydrogen) atoms. The molecule has 3 N–H and O–H groups in total. The molecule has 0 fully saturated rings. The molecular weight excluding hydrogens is 231 g/mol. The van der Waals surface area contributed by atoms with E-state index in [2.05, 4.69) is 15.3 Å². The maximum absolute atomic E-state index is 13.6. The van der Waals surface area contributed by atoms with E-state index < -0.39 is 0 Å². The van der Waals surface area contributed by atoms with E-state index in [1.807, 2.05) is 6.07 Å². The van der Waals surface area contributed by atoms with Gasteiger partial charge in [-0.15, -0.1) is 0 Å². The van der Waals surface area contributed by atoms with Crippen LogP contribution in [0.3, 0.4) is 0 Å². The molecule has 3 rings (SSSR count). The van der Waals surface area contributed by atoms with E-state index in [1.54, 1.807) is 12.1 Å². The highest BCUT2D eigenvalue weighted by atomic mass is 19.1. The Balaban J connectivity index is 2.01. The molecular formula is C13H13FN4. The summed E-state index contributed by atoms with van der Waals surface area (Å²) in [6.07, 6.45) is 1.31. The van der Waals surface area contributed by atoms with Crippen LogP contribution < -0.4 is 11.1 Å². The molecule has 0 unspecified atom stereocenters. The summed E-state index contributed by atoms with van der Waals surface area (Å²) in [5, 5.41) is 3.16. The average molecular weight is 244 g/mol. The Bertz CT molecular complexity index is 598. The molecule has 0 radical (unpaired) electrons. The van der Waals surface area contributed by atoms with E-state index in [4.69, 9.17) is 5.73 Å². The first-order chi connectivity index (χ1) is 8.74. The fourth-order valence-electron chi connectivity index (χ4n) is 2.23. The van der Waals surface area contributed by atoms with Crippen molar-refractivity contribution in [3.63, 3.8) is 0 Å². The normalized spacial score (nSPS) is 13.2. The zero-order chi connectivity index (χ0) is 12.5. The number of hydrogen-bond donors (Lipinski definition) is 2. The van der Waals surface area contributed by atoms with Crippen LogP contribution in [0.5, 0.6) is 0 Å². The molecule has 0 spiro atoms. The van der Waals surface area contributed by atoms with Crippen molar-refractivity contribution in [1.29, 1.82) is 0 Å². The van der Waals surface area contributed by atoms with Crippen LogP contribution in [0.2, 0.25) is 0 Å². The maximum Gasteiger partial charge on any atom is 0.222 e. The summed E-state index contributed by atoms with van der Waals surface area (Å²) in [5.41, 5.74) is 8.16. The first kappa shape index (κ1) is 11.0. The Kier molecular flexibility index (Phi) is 2.59. The first-order valence-electron chi connectivity index (χ1n) is 5.86. The second kappa shape index (κ2) is 4.25. The van der Waals surface area contributed by atoms with Crippen LogP contribution >= 0.6 is 0 Å². The highest BCUT2D eigenvalue weighted by Gasteiger charge is 2.18. The van der Waals surface area contributed by atoms with Crippen LogP contribution in [-0.4, -0.2) is 16.5 Å². The fourth-order valence-corrected chi connectivity index (χ4v) is 2.23. The fraction of sp³-hybridized carbons (Fsp3) is 0.231. The standard InChI is InChI=1S/C13H13FN4/c14-10-4-2-1-3-8(10)7-11-9-5-6-16-12(9)18-13(15)17-11/h1-4H,5-7H2,(H3,15,16,17,18). The van der Waals surface area contributed by atoms with Crippen LogP contribution in [-0.2, 0) is 12.8 Å². The van der Waals surface area contributed by atoms with E-state index in [1.165, 1.54) is 6.07 Å². The Morgan fingerprint density at radius 1 is 1.28 bits per heavy atom. The third-order valence-corrected chi connectivity index (χ3v) is 3.09. The van der Waals surface area contributed by atoms with Crippen LogP contribution in [0.25, 0.3) is 0 Å². The van der Waals surface area contributed by atoms with Crippen LogP contribution in [0.1, 0.15) is 16.8 Å². The van der Waals surface area contributed by atoms with Gasteiger partial charge in [0.05, 0.1) is 5.69 Å². The lowest BCUT2D eigenvalue weighted by atomic mass is 10.0. The molecule has 5 heteroatoms. The van der Waals surface area contributed by atoms with Gasteiger partial charge < -0.3 is 11.1 Å². The van der Waals surface area contributed by atoms with Crippen molar-refractivity contribution in [3.8, 4) is 0 Å². The lowest BCUT2D eigenvalue weighted by Gasteiger charge is -2.08. The van der Waals surface area contributed by atoms with Crippen LogP contribution in [0.4, 0.5) is 16.2 Å². The van der Waals surface area contributed by atoms with Gasteiger partial charge in [0.2, 0.25) is 5.95 Å². The summed E-state index contributed by atoms with van der Waals surface area (Å²) in [4.78, 5) is 8.38. The second-order valence-electron chi connectivity index (χ2n) is 4.30. The molecule has 4 nitrogen and oxygen atoms in total. The van der Waals surface area contributed by atoms with E-state index in [-0.39, 0.29) is 11.8 Å². The van der Waals surface area contributed by atoms with Crippen LogP contribution in [0, 0.1) is 5.82 Å². The SMILES string of the molecule is Nc1nc(Cc2ccccc2F)c2c(n1)NCC2. The summed E-state index contributed by atoms with van der Waals surface area (Å²) in [7, 11) is 0. The van der Waals surface area contributed by atoms with Gasteiger partial charge in [-0.05, 0) is 18.1 Å². The number of aromatic nitrogens is 2. The summed E-state index contributed by atoms with van der Waals surface area (Å²) in [5.74, 6) is 0.803. The molecule has 1 aromatic heterocycles. The molecule has 1 aliphatic heterocycles. The first-order valence-corrected chi connectivity index (χ1v) is 5.86. The van der Waals surface area contributed by atoms with Crippen LogP contribution in [0.15, 0.2) is 24.3 Å². The van der Waals surface area contributed by atoms with E-state index in [0.717, 1.165) is 30.0 Å². The lowest BCUT2D eigenvalue weighted by Crippen LogP contribution is -2.05. The lowest BCUT2D eigenvalue weighted by molar-refractivity contribution is 0.613. The third kappa shape index (κ3) is 1.88. The van der Waals surface area contributed by atoms with Gasteiger partial charge in [-0.1, -0.05) is 18.2 Å². The number of rotatable bonds is 2. The topological polar surface area (TPSA) is 63.8 Å². The molecule has 0 saturated carbocycles. The number of nitrogens with two attached hydrogens (primary N) is 1. The molecule has 2 heterocycles. The third-order valence-electron chi connectivity index (χ3n) is 3.09. The predicted octanol–water partition coefficient (Wildman–Crippen LogP) is 1.76. The Morgan fingerprint density at radius 2 is 2.11 bits per heavy atom. The molecule has 0 atom stereocenters. The predicted molar refractivity (Wildman–Crippen MR) is 67.8 cm³/mol. The maximum atomic E-state index is 13.6. The summed E-state index contributed by atoms with van der Waals surface area (Å²) in [6, 6.07) is 6.72. The van der Waals surface area contributed by atoms with Crippen molar-refractivity contribution in [2.24, 2.45) is 0 Å². The molecule has 0 bridgehead atoms. The van der Waals surface area contributed by atoms with E-state index in [0.29, 0.717) is 12.0 Å². The molecule has 92 valence electrons. The number of halogens is 1. The smallest absolute Gasteiger partial charge is 0.222 e. The van der Waals surface area contributed by atoms with Gasteiger partial charge in [-0.3, -0.25) is 0 Å². The summed E-state index contributed by atoms with van der Waals surface area (Å²) >= 11 is 0. The monoisotopic (exact) mass is 244 g/mol. The van der Waals surface area contributed by atoms with Gasteiger partial charge in [0, 0.05) is 18.5 Å². The molecule has 0 aliphatic carbocycles. The van der Waals surface area contributed by atoms with Crippen molar-refractivity contribution in [1.82, 2.24) is 9.97 Å². The average Bonchev–Trinajstić information content (AvgIpc) is 2.80. The number of anilines is 2. The highest BCUT2D eigenvalue weighted by Crippen LogP contribution is 2.25. The number of nitrogens with one attached hydrogen (secondary N) is 1. The Hall–Kier alpha value is -2.17. The van der Waals surface area contributed by atoms with Gasteiger partial charge in [0.15, 0.2) is 0 Å². The molecule has 0 amide bonds. The van der Waals surface area contributed by atoms with E-state index >= 15 is 0 Å². The largest absolute Gasteiger partial charge is 0.369 e. The minimum Gasteiger partial charge on any atom is -0.369 e. The van der Waals surface area contributed by atoms with Gasteiger partial charge in [-0.25, -0.2) is 9.37 Å². The molecule has 2 aromatic rings. The molecule has 0 saturated heterocycles. The molecule has 1 aromatic carbocycles. The van der Waals surface area contributed by atoms with Crippen molar-refractivity contribution in [3.05, 3.63) is 46.9 Å². The Morgan fingerprint density at radius 3 is 2.94 bits per heavy atom. The number of fused-ring (bicyclic) bond motifs is 1. The van der Waals surface area contributed by atoms with Crippen molar-refractivity contribution < 1.29 is 4.39 Å². The number of benzene rings is 1. The zero-order valence-corrected chi connectivity index (χ0v) is 9.78. The van der Waals surface area contributed by atoms with Gasteiger partial charge >= 0.3 is 0 Å². The van der Waals surface area contributed by atoms with Gasteiger partial charge in [-0.2, -0.15) is 4.98 Å². The highest BCUT2D eigenvalue weighted by molar-refractivity contribution is 5.54. The minimum atomic E-state index is -0.214. The molecule has 1 aliphatic rings. The zero-order valence-electron chi connectivity index (χ0n) is 9.78. The summed E-state index contributed by atoms with van der Waals surface area (Å²) in [6.45, 7) is 0.831. The number of hydrogen-bond acceptors (Lipinski definition) is 4. The summed E-state index contributed by atoms with van der Waals surface area (Å²) < 4.78 is 13.6. The number of nitrogen functional groups attached to an aromatic ring is 1. The van der Waals surface area contributed by atoms with Gasteiger partial charge in [0.1, 0.15) is 11.6 Å². The second-order valence-corrected chi connectivity index (χ2v) is 4.30. The van der Waals surface area contributed by atoms with Crippen molar-refractivity contribution in [2.45, 2.75) is 12.8 Å². The minimum absolute atomic E-state index is 0.214. The quantitative estimate of drug-likeness (QED) is 0.844. The van der Waals surface area contributed by atoms with Crippen molar-refractivity contribution >= 4 is 11.8 Å². The number of nitrogens with zero attached hydrogens (tertiary/aromatic N) is 2. The Labute approximate surface area is 104 Å². The van der Waals surface area contributed by atoms with Crippen molar-refractivity contribution in [2.75, 3.05) is 17.6 Å². The van der Waals surface area contributed by atoms with E-state index in [9.17, 15) is 4.39 Å².